The molecule has 2 aromatic rings. The number of nitrogens with zero attached hydrogens (tertiary/aromatic N) is 1. The van der Waals surface area contributed by atoms with Crippen molar-refractivity contribution >= 4 is 17.2 Å². The van der Waals surface area contributed by atoms with Crippen molar-refractivity contribution in [3.8, 4) is 0 Å². The highest BCUT2D eigenvalue weighted by atomic mass is 32.1. The lowest BCUT2D eigenvalue weighted by molar-refractivity contribution is -0.121. The van der Waals surface area contributed by atoms with Crippen molar-refractivity contribution in [1.82, 2.24) is 10.2 Å². The summed E-state index contributed by atoms with van der Waals surface area (Å²) in [5, 5.41) is 5.19. The summed E-state index contributed by atoms with van der Waals surface area (Å²) < 4.78 is 0. The summed E-state index contributed by atoms with van der Waals surface area (Å²) >= 11 is 1.77. The van der Waals surface area contributed by atoms with Crippen LogP contribution in [-0.2, 0) is 24.3 Å². The van der Waals surface area contributed by atoms with Crippen LogP contribution in [0.3, 0.4) is 0 Å². The summed E-state index contributed by atoms with van der Waals surface area (Å²) in [6.45, 7) is 4.04. The second-order valence-electron chi connectivity index (χ2n) is 6.82. The number of amides is 1. The largest absolute Gasteiger partial charge is 0.352 e. The molecule has 0 radical (unpaired) electrons. The third-order valence-electron chi connectivity index (χ3n) is 4.84. The van der Waals surface area contributed by atoms with E-state index in [1.54, 1.807) is 11.3 Å². The van der Waals surface area contributed by atoms with Gasteiger partial charge in [-0.3, -0.25) is 9.69 Å². The lowest BCUT2D eigenvalue weighted by atomic mass is 10.0. The van der Waals surface area contributed by atoms with E-state index in [-0.39, 0.29) is 5.91 Å². The topological polar surface area (TPSA) is 32.3 Å². The highest BCUT2D eigenvalue weighted by molar-refractivity contribution is 7.09. The molecule has 0 aliphatic carbocycles. The third-order valence-corrected chi connectivity index (χ3v) is 5.78. The molecule has 134 valence electrons. The summed E-state index contributed by atoms with van der Waals surface area (Å²) in [7, 11) is 0. The molecule has 1 saturated heterocycles. The number of thiophene rings is 1. The molecular formula is C21H28N2OS. The minimum absolute atomic E-state index is 0.157. The Morgan fingerprint density at radius 2 is 1.84 bits per heavy atom. The highest BCUT2D eigenvalue weighted by Gasteiger charge is 2.12. The van der Waals surface area contributed by atoms with Gasteiger partial charge in [0.05, 0.1) is 0 Å². The minimum atomic E-state index is 0.157. The quantitative estimate of drug-likeness (QED) is 0.761. The predicted octanol–water partition coefficient (Wildman–Crippen LogP) is 4.37. The van der Waals surface area contributed by atoms with Gasteiger partial charge in [0.1, 0.15) is 0 Å². The zero-order valence-corrected chi connectivity index (χ0v) is 15.7. The molecule has 1 amide bonds. The first-order chi connectivity index (χ1) is 12.3. The van der Waals surface area contributed by atoms with Crippen LogP contribution in [0.1, 0.15) is 48.1 Å². The average Bonchev–Trinajstić information content (AvgIpc) is 3.15. The van der Waals surface area contributed by atoms with Gasteiger partial charge in [0.25, 0.3) is 0 Å². The van der Waals surface area contributed by atoms with Gasteiger partial charge in [0.2, 0.25) is 5.91 Å². The molecule has 3 nitrogen and oxygen atoms in total. The Kier molecular flexibility index (Phi) is 7.07. The maximum atomic E-state index is 12.1. The van der Waals surface area contributed by atoms with E-state index < -0.39 is 0 Å². The molecule has 25 heavy (non-hydrogen) atoms. The Bertz CT molecular complexity index is 648. The monoisotopic (exact) mass is 356 g/mol. The molecule has 0 bridgehead atoms. The number of piperidine rings is 1. The number of nitrogens with one attached hydrogen (secondary N) is 1. The van der Waals surface area contributed by atoms with Gasteiger partial charge in [0, 0.05) is 24.4 Å². The molecule has 0 spiro atoms. The molecule has 1 N–H and O–H groups in total. The number of aryl methyl sites for hydroxylation is 1. The van der Waals surface area contributed by atoms with Crippen molar-refractivity contribution in [1.29, 1.82) is 0 Å². The van der Waals surface area contributed by atoms with E-state index in [4.69, 9.17) is 0 Å². The fraction of sp³-hybridized carbons (Fsp3) is 0.476. The lowest BCUT2D eigenvalue weighted by Gasteiger charge is -2.27. The number of hydrogen-bond acceptors (Lipinski definition) is 3. The smallest absolute Gasteiger partial charge is 0.220 e. The number of rotatable bonds is 8. The first kappa shape index (κ1) is 18.2. The zero-order valence-electron chi connectivity index (χ0n) is 14.9. The molecule has 0 saturated carbocycles. The molecule has 1 aliphatic heterocycles. The number of hydrogen-bond donors (Lipinski definition) is 1. The SMILES string of the molecule is O=C(CCCc1cccs1)NCc1ccccc1CN1CCCCC1. The van der Waals surface area contributed by atoms with Gasteiger partial charge in [-0.05, 0) is 61.3 Å². The Labute approximate surface area is 155 Å². The normalized spacial score (nSPS) is 15.2. The van der Waals surface area contributed by atoms with Crippen molar-refractivity contribution in [3.63, 3.8) is 0 Å². The van der Waals surface area contributed by atoms with Crippen LogP contribution in [-0.4, -0.2) is 23.9 Å². The average molecular weight is 357 g/mol. The standard InChI is InChI=1S/C21H28N2OS/c24-21(12-6-10-20-11-7-15-25-20)22-16-18-8-2-3-9-19(18)17-23-13-4-1-5-14-23/h2-3,7-9,11,15H,1,4-6,10,12-14,16-17H2,(H,22,24). The zero-order chi connectivity index (χ0) is 17.3. The Morgan fingerprint density at radius 1 is 1.04 bits per heavy atom. The molecule has 1 aromatic carbocycles. The summed E-state index contributed by atoms with van der Waals surface area (Å²) in [6, 6.07) is 12.7. The van der Waals surface area contributed by atoms with Gasteiger partial charge < -0.3 is 5.32 Å². The first-order valence-electron chi connectivity index (χ1n) is 9.39. The van der Waals surface area contributed by atoms with Gasteiger partial charge in [-0.2, -0.15) is 0 Å². The van der Waals surface area contributed by atoms with Crippen LogP contribution in [0.4, 0.5) is 0 Å². The highest BCUT2D eigenvalue weighted by Crippen LogP contribution is 2.16. The molecule has 2 heterocycles. The maximum Gasteiger partial charge on any atom is 0.220 e. The molecule has 1 fully saturated rings. The molecule has 0 atom stereocenters. The van der Waals surface area contributed by atoms with Gasteiger partial charge in [0.15, 0.2) is 0 Å². The van der Waals surface area contributed by atoms with Gasteiger partial charge >= 0.3 is 0 Å². The van der Waals surface area contributed by atoms with E-state index in [0.717, 1.165) is 19.4 Å². The Balaban J connectivity index is 1.44. The van der Waals surface area contributed by atoms with E-state index in [9.17, 15) is 4.79 Å². The van der Waals surface area contributed by atoms with Crippen molar-refractivity contribution in [2.24, 2.45) is 0 Å². The Morgan fingerprint density at radius 3 is 2.60 bits per heavy atom. The van der Waals surface area contributed by atoms with Crippen molar-refractivity contribution < 1.29 is 4.79 Å². The first-order valence-corrected chi connectivity index (χ1v) is 10.3. The molecule has 0 unspecified atom stereocenters. The molecule has 4 heteroatoms. The van der Waals surface area contributed by atoms with E-state index in [1.807, 2.05) is 0 Å². The number of benzene rings is 1. The second-order valence-corrected chi connectivity index (χ2v) is 7.85. The summed E-state index contributed by atoms with van der Waals surface area (Å²) in [5.74, 6) is 0.157. The number of carbonyl (C=O) groups excluding carboxylic acids is 1. The van der Waals surface area contributed by atoms with E-state index in [0.29, 0.717) is 13.0 Å². The Hall–Kier alpha value is -1.65. The molecule has 3 rings (SSSR count). The van der Waals surface area contributed by atoms with Gasteiger partial charge in [-0.25, -0.2) is 0 Å². The van der Waals surface area contributed by atoms with Crippen LogP contribution < -0.4 is 5.32 Å². The minimum Gasteiger partial charge on any atom is -0.352 e. The predicted molar refractivity (Wildman–Crippen MR) is 105 cm³/mol. The van der Waals surface area contributed by atoms with E-state index >= 15 is 0 Å². The lowest BCUT2D eigenvalue weighted by Crippen LogP contribution is -2.30. The number of carbonyl (C=O) groups is 1. The van der Waals surface area contributed by atoms with E-state index in [1.165, 1.54) is 48.4 Å². The molecule has 1 aliphatic rings. The van der Waals surface area contributed by atoms with Gasteiger partial charge in [-0.1, -0.05) is 36.8 Å². The molecule has 1 aromatic heterocycles. The maximum absolute atomic E-state index is 12.1. The van der Waals surface area contributed by atoms with Crippen LogP contribution in [0.5, 0.6) is 0 Å². The third kappa shape index (κ3) is 5.98. The fourth-order valence-electron chi connectivity index (χ4n) is 3.40. The van der Waals surface area contributed by atoms with Crippen molar-refractivity contribution in [3.05, 3.63) is 57.8 Å². The van der Waals surface area contributed by atoms with Crippen molar-refractivity contribution in [2.45, 2.75) is 51.6 Å². The number of likely N-dealkylation sites (tertiary alicyclic amines) is 1. The van der Waals surface area contributed by atoms with Gasteiger partial charge in [-0.15, -0.1) is 11.3 Å². The van der Waals surface area contributed by atoms with Crippen LogP contribution in [0, 0.1) is 0 Å². The van der Waals surface area contributed by atoms with Crippen LogP contribution in [0.15, 0.2) is 41.8 Å². The molecular weight excluding hydrogens is 328 g/mol. The van der Waals surface area contributed by atoms with Crippen molar-refractivity contribution in [2.75, 3.05) is 13.1 Å². The van der Waals surface area contributed by atoms with Crippen LogP contribution in [0.2, 0.25) is 0 Å². The fourth-order valence-corrected chi connectivity index (χ4v) is 4.15. The summed E-state index contributed by atoms with van der Waals surface area (Å²) in [5.41, 5.74) is 2.60. The summed E-state index contributed by atoms with van der Waals surface area (Å²) in [4.78, 5) is 16.0. The van der Waals surface area contributed by atoms with E-state index in [2.05, 4.69) is 52.0 Å². The van der Waals surface area contributed by atoms with Crippen LogP contribution >= 0.6 is 11.3 Å². The van der Waals surface area contributed by atoms with Crippen LogP contribution in [0.25, 0.3) is 0 Å². The summed E-state index contributed by atoms with van der Waals surface area (Å²) in [6.07, 6.45) is 6.50. The second kappa shape index (κ2) is 9.73.